The van der Waals surface area contributed by atoms with E-state index in [0.717, 1.165) is 12.1 Å². The normalized spacial score (nSPS) is 13.2. The summed E-state index contributed by atoms with van der Waals surface area (Å²) in [6.45, 7) is 0. The lowest BCUT2D eigenvalue weighted by atomic mass is 10.0. The first-order valence-electron chi connectivity index (χ1n) is 6.12. The lowest BCUT2D eigenvalue weighted by molar-refractivity contribution is -0.164. The van der Waals surface area contributed by atoms with E-state index in [2.05, 4.69) is 4.98 Å². The third kappa shape index (κ3) is 3.80. The van der Waals surface area contributed by atoms with Crippen LogP contribution in [0.25, 0.3) is 11.1 Å². The summed E-state index contributed by atoms with van der Waals surface area (Å²) in [7, 11) is 0. The number of hydrogen-bond donors (Lipinski definition) is 0. The van der Waals surface area contributed by atoms with Crippen molar-refractivity contribution in [3.05, 3.63) is 53.3 Å². The highest BCUT2D eigenvalue weighted by atomic mass is 19.4. The molecule has 0 bridgehead atoms. The van der Waals surface area contributed by atoms with Gasteiger partial charge in [-0.1, -0.05) is 12.1 Å². The summed E-state index contributed by atoms with van der Waals surface area (Å²) in [6, 6.07) is 3.32. The molecule has 1 aromatic carbocycles. The van der Waals surface area contributed by atoms with Gasteiger partial charge in [-0.25, -0.2) is 0 Å². The molecule has 0 fully saturated rings. The van der Waals surface area contributed by atoms with Crippen LogP contribution in [0.5, 0.6) is 0 Å². The largest absolute Gasteiger partial charge is 0.433 e. The number of benzene rings is 1. The van der Waals surface area contributed by atoms with Crippen LogP contribution >= 0.6 is 0 Å². The second-order valence-electron chi connectivity index (χ2n) is 4.69. The standard InChI is InChI=1S/C14H6F9N/c15-12(16,17)9-3-1-2-7(4-9)8-5-10(13(18,19)20)11(24-6-8)14(21,22)23/h1-6H. The van der Waals surface area contributed by atoms with E-state index < -0.39 is 40.9 Å². The molecular weight excluding hydrogens is 353 g/mol. The van der Waals surface area contributed by atoms with Crippen LogP contribution in [0.1, 0.15) is 16.8 Å². The van der Waals surface area contributed by atoms with E-state index in [1.54, 1.807) is 0 Å². The van der Waals surface area contributed by atoms with Crippen LogP contribution in [0.15, 0.2) is 36.5 Å². The maximum atomic E-state index is 12.8. The molecule has 0 aliphatic heterocycles. The molecule has 130 valence electrons. The molecule has 0 radical (unpaired) electrons. The molecule has 0 saturated heterocycles. The zero-order chi connectivity index (χ0) is 18.3. The first-order valence-corrected chi connectivity index (χ1v) is 6.12. The minimum Gasteiger partial charge on any atom is -0.251 e. The average molecular weight is 359 g/mol. The minimum atomic E-state index is -5.37. The van der Waals surface area contributed by atoms with Crippen molar-refractivity contribution in [1.82, 2.24) is 4.98 Å². The summed E-state index contributed by atoms with van der Waals surface area (Å²) < 4.78 is 114. The van der Waals surface area contributed by atoms with Crippen LogP contribution in [-0.2, 0) is 18.5 Å². The fourth-order valence-electron chi connectivity index (χ4n) is 1.94. The predicted molar refractivity (Wildman–Crippen MR) is 64.7 cm³/mol. The third-order valence-corrected chi connectivity index (χ3v) is 2.98. The van der Waals surface area contributed by atoms with E-state index in [-0.39, 0.29) is 11.6 Å². The molecule has 0 unspecified atom stereocenters. The van der Waals surface area contributed by atoms with Gasteiger partial charge in [-0.05, 0) is 23.8 Å². The fraction of sp³-hybridized carbons (Fsp3) is 0.214. The Kier molecular flexibility index (Phi) is 4.28. The lowest BCUT2D eigenvalue weighted by Gasteiger charge is -2.16. The van der Waals surface area contributed by atoms with E-state index in [4.69, 9.17) is 0 Å². The summed E-state index contributed by atoms with van der Waals surface area (Å²) in [5, 5.41) is 0. The van der Waals surface area contributed by atoms with Crippen molar-refractivity contribution in [2.45, 2.75) is 18.5 Å². The van der Waals surface area contributed by atoms with Gasteiger partial charge in [-0.2, -0.15) is 39.5 Å². The minimum absolute atomic E-state index is 0.130. The van der Waals surface area contributed by atoms with Gasteiger partial charge in [-0.3, -0.25) is 4.98 Å². The zero-order valence-electron chi connectivity index (χ0n) is 11.3. The van der Waals surface area contributed by atoms with Crippen LogP contribution < -0.4 is 0 Å². The molecule has 1 heterocycles. The van der Waals surface area contributed by atoms with Crippen molar-refractivity contribution < 1.29 is 39.5 Å². The molecule has 0 atom stereocenters. The van der Waals surface area contributed by atoms with E-state index in [1.807, 2.05) is 0 Å². The second-order valence-corrected chi connectivity index (χ2v) is 4.69. The Morgan fingerprint density at radius 3 is 1.79 bits per heavy atom. The molecule has 0 N–H and O–H groups in total. The Bertz CT molecular complexity index is 741. The number of pyridine rings is 1. The highest BCUT2D eigenvalue weighted by Gasteiger charge is 2.44. The summed E-state index contributed by atoms with van der Waals surface area (Å²) in [5.41, 5.74) is -6.21. The van der Waals surface area contributed by atoms with Gasteiger partial charge >= 0.3 is 18.5 Å². The molecule has 1 nitrogen and oxygen atoms in total. The summed E-state index contributed by atoms with van der Waals surface area (Å²) >= 11 is 0. The molecule has 0 aliphatic carbocycles. The van der Waals surface area contributed by atoms with Crippen LogP contribution in [0.4, 0.5) is 39.5 Å². The topological polar surface area (TPSA) is 12.9 Å². The number of rotatable bonds is 1. The fourth-order valence-corrected chi connectivity index (χ4v) is 1.94. The van der Waals surface area contributed by atoms with Gasteiger partial charge in [0.1, 0.15) is 0 Å². The maximum Gasteiger partial charge on any atom is 0.433 e. The second kappa shape index (κ2) is 5.67. The van der Waals surface area contributed by atoms with E-state index in [0.29, 0.717) is 18.3 Å². The summed E-state index contributed by atoms with van der Waals surface area (Å²) in [6.07, 6.45) is -15.0. The van der Waals surface area contributed by atoms with Crippen molar-refractivity contribution in [1.29, 1.82) is 0 Å². The average Bonchev–Trinajstić information content (AvgIpc) is 2.44. The van der Waals surface area contributed by atoms with Crippen LogP contribution in [0, 0.1) is 0 Å². The Morgan fingerprint density at radius 2 is 1.29 bits per heavy atom. The predicted octanol–water partition coefficient (Wildman–Crippen LogP) is 5.81. The Balaban J connectivity index is 2.62. The molecule has 2 rings (SSSR count). The molecule has 24 heavy (non-hydrogen) atoms. The quantitative estimate of drug-likeness (QED) is 0.586. The molecule has 10 heteroatoms. The lowest BCUT2D eigenvalue weighted by Crippen LogP contribution is -2.18. The van der Waals surface area contributed by atoms with Crippen molar-refractivity contribution in [3.8, 4) is 11.1 Å². The highest BCUT2D eigenvalue weighted by Crippen LogP contribution is 2.41. The maximum absolute atomic E-state index is 12.8. The number of nitrogens with zero attached hydrogens (tertiary/aromatic N) is 1. The third-order valence-electron chi connectivity index (χ3n) is 2.98. The van der Waals surface area contributed by atoms with Gasteiger partial charge in [0.25, 0.3) is 0 Å². The van der Waals surface area contributed by atoms with E-state index in [1.165, 1.54) is 0 Å². The van der Waals surface area contributed by atoms with Gasteiger partial charge in [-0.15, -0.1) is 0 Å². The summed E-state index contributed by atoms with van der Waals surface area (Å²) in [5.74, 6) is 0. The number of alkyl halides is 9. The molecule has 0 saturated carbocycles. The van der Waals surface area contributed by atoms with Crippen molar-refractivity contribution >= 4 is 0 Å². The summed E-state index contributed by atoms with van der Waals surface area (Å²) in [4.78, 5) is 2.76. The Morgan fingerprint density at radius 1 is 0.667 bits per heavy atom. The van der Waals surface area contributed by atoms with Crippen LogP contribution in [-0.4, -0.2) is 4.98 Å². The van der Waals surface area contributed by atoms with Crippen molar-refractivity contribution in [2.24, 2.45) is 0 Å². The van der Waals surface area contributed by atoms with Gasteiger partial charge in [0.05, 0.1) is 11.1 Å². The van der Waals surface area contributed by atoms with Gasteiger partial charge < -0.3 is 0 Å². The van der Waals surface area contributed by atoms with Crippen molar-refractivity contribution in [3.63, 3.8) is 0 Å². The highest BCUT2D eigenvalue weighted by molar-refractivity contribution is 5.65. The molecule has 0 amide bonds. The molecule has 0 spiro atoms. The van der Waals surface area contributed by atoms with E-state index >= 15 is 0 Å². The van der Waals surface area contributed by atoms with Gasteiger partial charge in [0.2, 0.25) is 0 Å². The number of halogens is 9. The molecular formula is C14H6F9N. The zero-order valence-corrected chi connectivity index (χ0v) is 11.3. The monoisotopic (exact) mass is 359 g/mol. The Labute approximate surface area is 128 Å². The number of aromatic nitrogens is 1. The Hall–Kier alpha value is -2.26. The van der Waals surface area contributed by atoms with Crippen LogP contribution in [0.2, 0.25) is 0 Å². The van der Waals surface area contributed by atoms with Gasteiger partial charge in [0.15, 0.2) is 5.69 Å². The SMILES string of the molecule is FC(F)(F)c1cccc(-c2cnc(C(F)(F)F)c(C(F)(F)F)c2)c1. The van der Waals surface area contributed by atoms with Crippen molar-refractivity contribution in [2.75, 3.05) is 0 Å². The molecule has 1 aromatic heterocycles. The molecule has 2 aromatic rings. The van der Waals surface area contributed by atoms with Crippen LogP contribution in [0.3, 0.4) is 0 Å². The first-order chi connectivity index (χ1) is 10.8. The number of hydrogen-bond acceptors (Lipinski definition) is 1. The van der Waals surface area contributed by atoms with Gasteiger partial charge in [0, 0.05) is 11.8 Å². The molecule has 0 aliphatic rings. The van der Waals surface area contributed by atoms with E-state index in [9.17, 15) is 39.5 Å². The first kappa shape index (κ1) is 18.1. The smallest absolute Gasteiger partial charge is 0.251 e.